The van der Waals surface area contributed by atoms with Crippen LogP contribution < -0.4 is 9.47 Å². The van der Waals surface area contributed by atoms with Gasteiger partial charge in [0.05, 0.1) is 13.2 Å². The molecule has 2 heteroatoms. The molecular formula is C29H52O2. The van der Waals surface area contributed by atoms with Gasteiger partial charge in [-0.15, -0.1) is 0 Å². The predicted molar refractivity (Wildman–Crippen MR) is 142 cm³/mol. The third kappa shape index (κ3) is 8.97. The zero-order valence-electron chi connectivity index (χ0n) is 16.7. The Morgan fingerprint density at radius 3 is 1.65 bits per heavy atom. The Morgan fingerprint density at radius 2 is 1.06 bits per heavy atom. The lowest BCUT2D eigenvalue weighted by Gasteiger charge is -2.18. The first-order valence-corrected chi connectivity index (χ1v) is 10.1. The summed E-state index contributed by atoms with van der Waals surface area (Å²) in [5.41, 5.74) is 5.55. The fourth-order valence-corrected chi connectivity index (χ4v) is 3.46. The van der Waals surface area contributed by atoms with E-state index in [-0.39, 0.29) is 37.1 Å². The Morgan fingerprint density at radius 1 is 0.581 bits per heavy atom. The highest BCUT2D eigenvalue weighted by Crippen LogP contribution is 2.29. The van der Waals surface area contributed by atoms with E-state index in [1.807, 2.05) is 0 Å². The van der Waals surface area contributed by atoms with Gasteiger partial charge in [-0.05, 0) is 71.9 Å². The first kappa shape index (κ1) is 33.7. The van der Waals surface area contributed by atoms with Gasteiger partial charge >= 0.3 is 0 Å². The number of aryl methyl sites for hydroxylation is 2. The number of rotatable bonds is 2. The molecule has 0 radical (unpaired) electrons. The van der Waals surface area contributed by atoms with Gasteiger partial charge in [0.1, 0.15) is 11.5 Å². The zero-order valence-corrected chi connectivity index (χ0v) is 16.7. The quantitative estimate of drug-likeness (QED) is 0.470. The van der Waals surface area contributed by atoms with E-state index in [1.54, 1.807) is 0 Å². The fourth-order valence-electron chi connectivity index (χ4n) is 3.46. The van der Waals surface area contributed by atoms with Crippen molar-refractivity contribution in [2.45, 2.75) is 102 Å². The summed E-state index contributed by atoms with van der Waals surface area (Å²) in [6.07, 6.45) is 4.67. The number of fused-ring (bicyclic) bond motifs is 2. The highest BCUT2D eigenvalue weighted by Gasteiger charge is 2.12. The Balaban J connectivity index is -0.000000436. The molecule has 2 heterocycles. The lowest BCUT2D eigenvalue weighted by Crippen LogP contribution is -2.08. The van der Waals surface area contributed by atoms with Crippen LogP contribution >= 0.6 is 0 Å². The standard InChI is InChI=1S/2C12H16O.5CH4/c1-9(2)10-5-6-12-11(8-10)4-3-7-13-12;1-9(2)11-6-5-10-4-3-7-13-12(10)8-11;;;;;/h2*5-6,8-9H,3-4,7H2,1-2H3;5*1H4. The van der Waals surface area contributed by atoms with Crippen molar-refractivity contribution in [1.82, 2.24) is 0 Å². The highest BCUT2D eigenvalue weighted by molar-refractivity contribution is 5.40. The maximum absolute atomic E-state index is 5.61. The second-order valence-corrected chi connectivity index (χ2v) is 7.95. The van der Waals surface area contributed by atoms with Crippen LogP contribution in [0.2, 0.25) is 0 Å². The van der Waals surface area contributed by atoms with E-state index in [0.717, 1.165) is 37.6 Å². The third-order valence-corrected chi connectivity index (χ3v) is 5.21. The van der Waals surface area contributed by atoms with E-state index in [0.29, 0.717) is 11.8 Å². The summed E-state index contributed by atoms with van der Waals surface area (Å²) >= 11 is 0. The van der Waals surface area contributed by atoms with E-state index >= 15 is 0 Å². The van der Waals surface area contributed by atoms with Gasteiger partial charge in [-0.2, -0.15) is 0 Å². The lowest BCUT2D eigenvalue weighted by atomic mass is 9.97. The molecule has 2 aromatic carbocycles. The van der Waals surface area contributed by atoms with Crippen LogP contribution in [0.15, 0.2) is 36.4 Å². The maximum Gasteiger partial charge on any atom is 0.122 e. The van der Waals surface area contributed by atoms with Gasteiger partial charge < -0.3 is 9.47 Å². The molecule has 2 nitrogen and oxygen atoms in total. The molecule has 0 saturated heterocycles. The smallest absolute Gasteiger partial charge is 0.122 e. The molecule has 0 saturated carbocycles. The monoisotopic (exact) mass is 432 g/mol. The van der Waals surface area contributed by atoms with E-state index < -0.39 is 0 Å². The molecule has 31 heavy (non-hydrogen) atoms. The molecule has 0 aromatic heterocycles. The van der Waals surface area contributed by atoms with Crippen molar-refractivity contribution < 1.29 is 9.47 Å². The first-order chi connectivity index (χ1) is 12.5. The minimum Gasteiger partial charge on any atom is -0.493 e. The minimum absolute atomic E-state index is 0. The topological polar surface area (TPSA) is 18.5 Å². The largest absolute Gasteiger partial charge is 0.493 e. The van der Waals surface area contributed by atoms with E-state index in [4.69, 9.17) is 9.47 Å². The molecule has 0 spiro atoms. The summed E-state index contributed by atoms with van der Waals surface area (Å²) in [7, 11) is 0. The molecule has 0 amide bonds. The number of hydrogen-bond acceptors (Lipinski definition) is 2. The van der Waals surface area contributed by atoms with Crippen molar-refractivity contribution in [3.05, 3.63) is 58.7 Å². The van der Waals surface area contributed by atoms with Crippen LogP contribution in [-0.2, 0) is 12.8 Å². The van der Waals surface area contributed by atoms with Crippen LogP contribution in [0.1, 0.15) is 112 Å². The summed E-state index contributed by atoms with van der Waals surface area (Å²) in [6.45, 7) is 10.6. The van der Waals surface area contributed by atoms with Gasteiger partial charge in [0.15, 0.2) is 0 Å². The second-order valence-electron chi connectivity index (χ2n) is 7.95. The molecule has 180 valence electrons. The second kappa shape index (κ2) is 15.8. The van der Waals surface area contributed by atoms with Gasteiger partial charge in [-0.25, -0.2) is 0 Å². The molecular weight excluding hydrogens is 380 g/mol. The number of hydrogen-bond donors (Lipinski definition) is 0. The summed E-state index contributed by atoms with van der Waals surface area (Å²) < 4.78 is 11.2. The van der Waals surface area contributed by atoms with Crippen LogP contribution in [-0.4, -0.2) is 13.2 Å². The Kier molecular flexibility index (Phi) is 17.1. The first-order valence-electron chi connectivity index (χ1n) is 10.1. The fraction of sp³-hybridized carbons (Fsp3) is 0.586. The number of benzene rings is 2. The molecule has 2 aliphatic rings. The lowest BCUT2D eigenvalue weighted by molar-refractivity contribution is 0.288. The van der Waals surface area contributed by atoms with Crippen molar-refractivity contribution in [1.29, 1.82) is 0 Å². The van der Waals surface area contributed by atoms with Gasteiger partial charge in [0.25, 0.3) is 0 Å². The maximum atomic E-state index is 5.61. The molecule has 2 aromatic rings. The zero-order chi connectivity index (χ0) is 18.5. The predicted octanol–water partition coefficient (Wildman–Crippen LogP) is 9.45. The molecule has 0 bridgehead atoms. The average molecular weight is 433 g/mol. The molecule has 2 aliphatic heterocycles. The molecule has 0 aliphatic carbocycles. The molecule has 0 N–H and O–H groups in total. The van der Waals surface area contributed by atoms with Gasteiger partial charge in [-0.1, -0.05) is 89.1 Å². The van der Waals surface area contributed by atoms with Gasteiger partial charge in [-0.3, -0.25) is 0 Å². The van der Waals surface area contributed by atoms with Gasteiger partial charge in [0.2, 0.25) is 0 Å². The average Bonchev–Trinajstić information content (AvgIpc) is 2.67. The Hall–Kier alpha value is -1.96. The molecule has 4 rings (SSSR count). The summed E-state index contributed by atoms with van der Waals surface area (Å²) in [6, 6.07) is 13.2. The molecule has 0 atom stereocenters. The van der Waals surface area contributed by atoms with Crippen LogP contribution in [0.5, 0.6) is 11.5 Å². The van der Waals surface area contributed by atoms with Gasteiger partial charge in [0, 0.05) is 0 Å². The normalized spacial score (nSPS) is 12.8. The van der Waals surface area contributed by atoms with Crippen molar-refractivity contribution in [2.24, 2.45) is 0 Å². The van der Waals surface area contributed by atoms with Crippen molar-refractivity contribution >= 4 is 0 Å². The Labute approximate surface area is 195 Å². The van der Waals surface area contributed by atoms with Crippen molar-refractivity contribution in [3.63, 3.8) is 0 Å². The number of ether oxygens (including phenoxy) is 2. The van der Waals surface area contributed by atoms with Crippen molar-refractivity contribution in [3.8, 4) is 11.5 Å². The van der Waals surface area contributed by atoms with E-state index in [9.17, 15) is 0 Å². The molecule has 0 fully saturated rings. The van der Waals surface area contributed by atoms with E-state index in [2.05, 4.69) is 64.1 Å². The van der Waals surface area contributed by atoms with Crippen LogP contribution in [0.3, 0.4) is 0 Å². The minimum atomic E-state index is 0. The SMILES string of the molecule is C.C.C.C.C.CC(C)c1ccc2c(c1)CCCO2.CC(C)c1ccc2c(c1)OCCC2. The van der Waals surface area contributed by atoms with Crippen LogP contribution in [0.25, 0.3) is 0 Å². The van der Waals surface area contributed by atoms with Crippen LogP contribution in [0, 0.1) is 0 Å². The van der Waals surface area contributed by atoms with Crippen LogP contribution in [0.4, 0.5) is 0 Å². The Bertz CT molecular complexity index is 668. The third-order valence-electron chi connectivity index (χ3n) is 5.21. The van der Waals surface area contributed by atoms with Crippen molar-refractivity contribution in [2.75, 3.05) is 13.2 Å². The summed E-state index contributed by atoms with van der Waals surface area (Å²) in [5, 5.41) is 0. The molecule has 0 unspecified atom stereocenters. The van der Waals surface area contributed by atoms with E-state index in [1.165, 1.54) is 35.1 Å². The summed E-state index contributed by atoms with van der Waals surface area (Å²) in [4.78, 5) is 0. The highest BCUT2D eigenvalue weighted by atomic mass is 16.5. The summed E-state index contributed by atoms with van der Waals surface area (Å²) in [5.74, 6) is 3.41.